The van der Waals surface area contributed by atoms with E-state index in [1.54, 1.807) is 12.5 Å². The molecule has 3 heterocycles. The summed E-state index contributed by atoms with van der Waals surface area (Å²) in [6, 6.07) is 6.48. The van der Waals surface area contributed by atoms with E-state index >= 15 is 0 Å². The molecule has 4 nitrogen and oxygen atoms in total. The van der Waals surface area contributed by atoms with Gasteiger partial charge in [0.15, 0.2) is 0 Å². The molecule has 0 amide bonds. The molecule has 1 saturated heterocycles. The highest BCUT2D eigenvalue weighted by Crippen LogP contribution is 2.27. The van der Waals surface area contributed by atoms with Gasteiger partial charge < -0.3 is 13.9 Å². The number of hydrogen-bond acceptors (Lipinski definition) is 3. The van der Waals surface area contributed by atoms with Crippen LogP contribution in [0.5, 0.6) is 0 Å². The summed E-state index contributed by atoms with van der Waals surface area (Å²) in [7, 11) is 0. The Morgan fingerprint density at radius 2 is 2.04 bits per heavy atom. The van der Waals surface area contributed by atoms with E-state index in [0.717, 1.165) is 12.1 Å². The van der Waals surface area contributed by atoms with Crippen molar-refractivity contribution < 1.29 is 4.42 Å². The van der Waals surface area contributed by atoms with Crippen molar-refractivity contribution in [3.63, 3.8) is 0 Å². The molecule has 1 aliphatic heterocycles. The van der Waals surface area contributed by atoms with Crippen LogP contribution in [0.15, 0.2) is 41.3 Å². The lowest BCUT2D eigenvalue weighted by atomic mass is 10.1. The van der Waals surface area contributed by atoms with Gasteiger partial charge >= 0.3 is 0 Å². The van der Waals surface area contributed by atoms with Crippen molar-refractivity contribution >= 4 is 10.9 Å². The van der Waals surface area contributed by atoms with Crippen LogP contribution in [0, 0.1) is 6.92 Å². The molecule has 4 rings (SSSR count). The molecule has 3 aromatic rings. The van der Waals surface area contributed by atoms with Gasteiger partial charge in [0, 0.05) is 29.2 Å². The van der Waals surface area contributed by atoms with Gasteiger partial charge in [0.05, 0.1) is 6.20 Å². The predicted octanol–water partition coefficient (Wildman–Crippen LogP) is 4.09. The Hall–Kier alpha value is -2.07. The summed E-state index contributed by atoms with van der Waals surface area (Å²) in [5.41, 5.74) is 3.66. The van der Waals surface area contributed by atoms with Crippen LogP contribution in [0.2, 0.25) is 0 Å². The van der Waals surface area contributed by atoms with Crippen LogP contribution in [0.25, 0.3) is 22.4 Å². The Kier molecular flexibility index (Phi) is 3.92. The second kappa shape index (κ2) is 6.20. The van der Waals surface area contributed by atoms with Gasteiger partial charge in [0.2, 0.25) is 5.89 Å². The lowest BCUT2D eigenvalue weighted by Crippen LogP contribution is -2.21. The van der Waals surface area contributed by atoms with Gasteiger partial charge in [-0.25, -0.2) is 4.98 Å². The van der Waals surface area contributed by atoms with Crippen molar-refractivity contribution in [2.45, 2.75) is 32.7 Å². The lowest BCUT2D eigenvalue weighted by molar-refractivity contribution is 0.326. The summed E-state index contributed by atoms with van der Waals surface area (Å²) in [6.45, 7) is 7.04. The van der Waals surface area contributed by atoms with Gasteiger partial charge in [-0.15, -0.1) is 0 Å². The fraction of sp³-hybridized carbons (Fsp3) is 0.421. The molecule has 0 unspecified atom stereocenters. The molecule has 1 aliphatic rings. The van der Waals surface area contributed by atoms with E-state index in [9.17, 15) is 0 Å². The number of nitrogens with zero attached hydrogens (tertiary/aromatic N) is 3. The van der Waals surface area contributed by atoms with E-state index in [1.165, 1.54) is 55.4 Å². The summed E-state index contributed by atoms with van der Waals surface area (Å²) in [4.78, 5) is 6.83. The standard InChI is InChI=1S/C19H23N3O/c1-15-14-22(11-4-10-21-8-2-3-9-21)18-6-5-16(13-17(15)18)19-20-7-12-23-19/h5-7,12-14H,2-4,8-11H2,1H3. The second-order valence-corrected chi connectivity index (χ2v) is 6.48. The normalized spacial score (nSPS) is 15.7. The van der Waals surface area contributed by atoms with Gasteiger partial charge in [0.1, 0.15) is 6.26 Å². The Morgan fingerprint density at radius 3 is 2.83 bits per heavy atom. The van der Waals surface area contributed by atoms with Gasteiger partial charge in [0.25, 0.3) is 0 Å². The Morgan fingerprint density at radius 1 is 1.17 bits per heavy atom. The van der Waals surface area contributed by atoms with Crippen LogP contribution in [-0.4, -0.2) is 34.1 Å². The summed E-state index contributed by atoms with van der Waals surface area (Å²) in [5, 5.41) is 1.29. The molecule has 23 heavy (non-hydrogen) atoms. The van der Waals surface area contributed by atoms with Crippen molar-refractivity contribution in [1.82, 2.24) is 14.5 Å². The van der Waals surface area contributed by atoms with Crippen LogP contribution < -0.4 is 0 Å². The zero-order valence-corrected chi connectivity index (χ0v) is 13.7. The number of benzene rings is 1. The molecule has 0 saturated carbocycles. The van der Waals surface area contributed by atoms with Crippen LogP contribution in [0.4, 0.5) is 0 Å². The third-order valence-corrected chi connectivity index (χ3v) is 4.83. The van der Waals surface area contributed by atoms with Crippen LogP contribution in [0.1, 0.15) is 24.8 Å². The molecule has 0 bridgehead atoms. The first-order valence-electron chi connectivity index (χ1n) is 8.53. The Bertz CT molecular complexity index is 782. The fourth-order valence-corrected chi connectivity index (χ4v) is 3.63. The lowest BCUT2D eigenvalue weighted by Gasteiger charge is -2.14. The first-order chi connectivity index (χ1) is 11.3. The number of likely N-dealkylation sites (tertiary alicyclic amines) is 1. The first-order valence-corrected chi connectivity index (χ1v) is 8.53. The molecule has 0 radical (unpaired) electrons. The molecule has 0 spiro atoms. The summed E-state index contributed by atoms with van der Waals surface area (Å²) >= 11 is 0. The van der Waals surface area contributed by atoms with Gasteiger partial charge in [-0.05, 0) is 69.6 Å². The molecule has 4 heteroatoms. The highest BCUT2D eigenvalue weighted by molar-refractivity contribution is 5.87. The molecule has 1 fully saturated rings. The van der Waals surface area contributed by atoms with Crippen molar-refractivity contribution in [2.75, 3.05) is 19.6 Å². The third kappa shape index (κ3) is 2.91. The van der Waals surface area contributed by atoms with Crippen LogP contribution >= 0.6 is 0 Å². The third-order valence-electron chi connectivity index (χ3n) is 4.83. The van der Waals surface area contributed by atoms with Gasteiger partial charge in [-0.3, -0.25) is 0 Å². The maximum atomic E-state index is 5.41. The van der Waals surface area contributed by atoms with E-state index < -0.39 is 0 Å². The minimum atomic E-state index is 0.688. The quantitative estimate of drug-likeness (QED) is 0.712. The minimum absolute atomic E-state index is 0.688. The molecule has 2 aromatic heterocycles. The van der Waals surface area contributed by atoms with Crippen molar-refractivity contribution in [2.24, 2.45) is 0 Å². The second-order valence-electron chi connectivity index (χ2n) is 6.48. The number of fused-ring (bicyclic) bond motifs is 1. The smallest absolute Gasteiger partial charge is 0.225 e. The highest BCUT2D eigenvalue weighted by Gasteiger charge is 2.12. The zero-order chi connectivity index (χ0) is 15.6. The molecule has 120 valence electrons. The molecule has 1 aromatic carbocycles. The monoisotopic (exact) mass is 309 g/mol. The Balaban J connectivity index is 1.53. The maximum Gasteiger partial charge on any atom is 0.225 e. The molecule has 0 N–H and O–H groups in total. The first kappa shape index (κ1) is 14.5. The maximum absolute atomic E-state index is 5.41. The number of rotatable bonds is 5. The number of oxazole rings is 1. The van der Waals surface area contributed by atoms with E-state index in [1.807, 2.05) is 0 Å². The summed E-state index contributed by atoms with van der Waals surface area (Å²) < 4.78 is 7.80. The zero-order valence-electron chi connectivity index (χ0n) is 13.7. The molecular weight excluding hydrogens is 286 g/mol. The Labute approximate surface area is 136 Å². The molecular formula is C19H23N3O. The topological polar surface area (TPSA) is 34.2 Å². The highest BCUT2D eigenvalue weighted by atomic mass is 16.3. The summed E-state index contributed by atoms with van der Waals surface area (Å²) in [6.07, 6.45) is 9.54. The van der Waals surface area contributed by atoms with Crippen molar-refractivity contribution in [3.8, 4) is 11.5 Å². The SMILES string of the molecule is Cc1cn(CCCN2CCCC2)c2ccc(-c3ncco3)cc12. The number of hydrogen-bond donors (Lipinski definition) is 0. The van der Waals surface area contributed by atoms with E-state index in [0.29, 0.717) is 5.89 Å². The molecule has 0 aliphatic carbocycles. The minimum Gasteiger partial charge on any atom is -0.445 e. The largest absolute Gasteiger partial charge is 0.445 e. The number of aromatic nitrogens is 2. The fourth-order valence-electron chi connectivity index (χ4n) is 3.63. The molecule has 0 atom stereocenters. The average molecular weight is 309 g/mol. The average Bonchev–Trinajstić information content (AvgIpc) is 3.30. The van der Waals surface area contributed by atoms with Gasteiger partial charge in [-0.2, -0.15) is 0 Å². The van der Waals surface area contributed by atoms with Gasteiger partial charge in [-0.1, -0.05) is 0 Å². The van der Waals surface area contributed by atoms with E-state index in [-0.39, 0.29) is 0 Å². The van der Waals surface area contributed by atoms with Crippen LogP contribution in [0.3, 0.4) is 0 Å². The number of aryl methyl sites for hydroxylation is 2. The predicted molar refractivity (Wildman–Crippen MR) is 92.5 cm³/mol. The van der Waals surface area contributed by atoms with Crippen molar-refractivity contribution in [1.29, 1.82) is 0 Å². The summed E-state index contributed by atoms with van der Waals surface area (Å²) in [5.74, 6) is 0.688. The van der Waals surface area contributed by atoms with E-state index in [4.69, 9.17) is 4.42 Å². The van der Waals surface area contributed by atoms with Crippen molar-refractivity contribution in [3.05, 3.63) is 42.4 Å². The van der Waals surface area contributed by atoms with Crippen LogP contribution in [-0.2, 0) is 6.54 Å². The van der Waals surface area contributed by atoms with E-state index in [2.05, 4.69) is 45.8 Å².